The van der Waals surface area contributed by atoms with E-state index in [4.69, 9.17) is 9.05 Å². The molecule has 0 amide bonds. The van der Waals surface area contributed by atoms with Crippen LogP contribution < -0.4 is 15.9 Å². The zero-order valence-corrected chi connectivity index (χ0v) is 23.1. The average Bonchev–Trinajstić information content (AvgIpc) is 2.86. The second-order valence-electron chi connectivity index (χ2n) is 9.63. The lowest BCUT2D eigenvalue weighted by Crippen LogP contribution is -2.41. The third kappa shape index (κ3) is 5.42. The van der Waals surface area contributed by atoms with E-state index in [0.717, 1.165) is 25.8 Å². The molecule has 0 radical (unpaired) electrons. The van der Waals surface area contributed by atoms with Gasteiger partial charge in [0, 0.05) is 28.8 Å². The second-order valence-corrected chi connectivity index (χ2v) is 15.1. The van der Waals surface area contributed by atoms with E-state index in [-0.39, 0.29) is 18.0 Å². The van der Waals surface area contributed by atoms with E-state index < -0.39 is 14.7 Å². The topological polar surface area (TPSA) is 38.5 Å². The summed E-state index contributed by atoms with van der Waals surface area (Å²) in [7, 11) is -5.83. The van der Waals surface area contributed by atoms with Gasteiger partial charge in [-0.1, -0.05) is 54.6 Å². The molecule has 0 spiro atoms. The molecule has 1 heterocycles. The predicted molar refractivity (Wildman–Crippen MR) is 148 cm³/mol. The zero-order chi connectivity index (χ0) is 24.9. The third-order valence-electron chi connectivity index (χ3n) is 6.30. The van der Waals surface area contributed by atoms with Crippen LogP contribution in [0, 0.1) is 0 Å². The van der Waals surface area contributed by atoms with E-state index in [0.29, 0.717) is 0 Å². The predicted octanol–water partition coefficient (Wildman–Crippen LogP) is 6.73. The van der Waals surface area contributed by atoms with Crippen molar-refractivity contribution >= 4 is 30.6 Å². The fourth-order valence-electron chi connectivity index (χ4n) is 5.15. The largest absolute Gasteiger partial charge is 0.397 e. The first-order valence-corrected chi connectivity index (χ1v) is 16.0. The molecule has 0 bridgehead atoms. The molecular weight excluding hydrogens is 472 g/mol. The number of hydrogen-bond donors (Lipinski definition) is 0. The van der Waals surface area contributed by atoms with E-state index in [1.807, 2.05) is 27.7 Å². The normalized spacial score (nSPS) is 17.2. The molecule has 1 aliphatic heterocycles. The second kappa shape index (κ2) is 11.4. The van der Waals surface area contributed by atoms with Gasteiger partial charge in [-0.15, -0.1) is 0 Å². The molecule has 0 N–H and O–H groups in total. The van der Waals surface area contributed by atoms with Gasteiger partial charge in [0.1, 0.15) is 6.54 Å². The highest BCUT2D eigenvalue weighted by molar-refractivity contribution is 7.85. The van der Waals surface area contributed by atoms with Gasteiger partial charge in [-0.05, 0) is 70.5 Å². The molecule has 0 aromatic heterocycles. The van der Waals surface area contributed by atoms with Crippen LogP contribution in [-0.2, 0) is 13.6 Å². The van der Waals surface area contributed by atoms with Crippen LogP contribution in [0.1, 0.15) is 47.0 Å². The van der Waals surface area contributed by atoms with Crippen LogP contribution in [0.4, 0.5) is 0 Å². The SMILES string of the molecule is CC(C)OP(=O)(OC(C)C)[C@@H]1CCCC[N+]1=P(c1ccccc1)(c1ccccc1)c1ccccc1. The summed E-state index contributed by atoms with van der Waals surface area (Å²) in [5.41, 5.74) is 0. The van der Waals surface area contributed by atoms with E-state index in [9.17, 15) is 4.57 Å². The van der Waals surface area contributed by atoms with Crippen molar-refractivity contribution in [3.63, 3.8) is 0 Å². The Morgan fingerprint density at radius 1 is 0.686 bits per heavy atom. The zero-order valence-electron chi connectivity index (χ0n) is 21.3. The van der Waals surface area contributed by atoms with Crippen LogP contribution in [0.3, 0.4) is 0 Å². The Balaban J connectivity index is 2.15. The van der Waals surface area contributed by atoms with Gasteiger partial charge >= 0.3 is 7.60 Å². The molecule has 4 nitrogen and oxygen atoms in total. The van der Waals surface area contributed by atoms with Gasteiger partial charge in [-0.3, -0.25) is 4.57 Å². The highest BCUT2D eigenvalue weighted by Gasteiger charge is 2.51. The summed E-state index contributed by atoms with van der Waals surface area (Å²) in [6.07, 6.45) is 2.45. The van der Waals surface area contributed by atoms with Gasteiger partial charge in [0.25, 0.3) is 0 Å². The Labute approximate surface area is 210 Å². The monoisotopic (exact) mass is 510 g/mol. The van der Waals surface area contributed by atoms with Gasteiger partial charge < -0.3 is 9.05 Å². The van der Waals surface area contributed by atoms with Crippen LogP contribution in [0.15, 0.2) is 91.0 Å². The van der Waals surface area contributed by atoms with Crippen LogP contribution in [0.5, 0.6) is 0 Å². The van der Waals surface area contributed by atoms with Crippen LogP contribution >= 0.6 is 14.7 Å². The molecule has 0 saturated carbocycles. The molecule has 1 aliphatic rings. The molecule has 186 valence electrons. The first-order chi connectivity index (χ1) is 16.9. The van der Waals surface area contributed by atoms with Crippen molar-refractivity contribution in [2.45, 2.75) is 64.9 Å². The molecule has 1 fully saturated rings. The summed E-state index contributed by atoms with van der Waals surface area (Å²) >= 11 is 0. The van der Waals surface area contributed by atoms with Crippen LogP contribution in [0.2, 0.25) is 0 Å². The molecule has 6 heteroatoms. The molecule has 1 atom stereocenters. The van der Waals surface area contributed by atoms with E-state index in [1.165, 1.54) is 15.9 Å². The Kier molecular flexibility index (Phi) is 8.50. The van der Waals surface area contributed by atoms with Crippen molar-refractivity contribution in [1.29, 1.82) is 0 Å². The lowest BCUT2D eigenvalue weighted by Gasteiger charge is -2.36. The van der Waals surface area contributed by atoms with Crippen molar-refractivity contribution < 1.29 is 17.9 Å². The van der Waals surface area contributed by atoms with Gasteiger partial charge in [-0.25, -0.2) is 4.33 Å². The van der Waals surface area contributed by atoms with Gasteiger partial charge in [-0.2, -0.15) is 0 Å². The molecule has 3 aromatic rings. The summed E-state index contributed by atoms with van der Waals surface area (Å²) < 4.78 is 29.7. The smallest absolute Gasteiger partial charge is 0.301 e. The summed E-state index contributed by atoms with van der Waals surface area (Å²) in [5, 5.41) is 3.76. The first kappa shape index (κ1) is 26.1. The summed E-state index contributed by atoms with van der Waals surface area (Å²) in [6.45, 7) is 8.61. The third-order valence-corrected chi connectivity index (χ3v) is 13.6. The van der Waals surface area contributed by atoms with Crippen LogP contribution in [-0.4, -0.2) is 28.9 Å². The Bertz CT molecular complexity index is 1080. The number of piperidine rings is 1. The van der Waals surface area contributed by atoms with E-state index >= 15 is 0 Å². The lowest BCUT2D eigenvalue weighted by molar-refractivity contribution is -0.537. The van der Waals surface area contributed by atoms with Gasteiger partial charge in [0.2, 0.25) is 5.78 Å². The molecule has 1 saturated heterocycles. The summed E-state index contributed by atoms with van der Waals surface area (Å²) in [4.78, 5) is 0. The van der Waals surface area contributed by atoms with E-state index in [1.54, 1.807) is 0 Å². The van der Waals surface area contributed by atoms with Crippen molar-refractivity contribution in [1.82, 2.24) is 0 Å². The standard InChI is InChI=1S/C29H38NO3P2/c1-24(2)32-35(31,33-25(3)4)29-22-14-15-23-30(29)34(26-16-8-5-9-17-26,27-18-10-6-11-19-27)28-20-12-7-13-21-28/h5-13,16-21,24-25,29H,14-15,22-23H2,1-4H3/q+1/t29-/m1/s1. The van der Waals surface area contributed by atoms with Crippen molar-refractivity contribution in [3.05, 3.63) is 91.0 Å². The highest BCUT2D eigenvalue weighted by Crippen LogP contribution is 2.61. The number of benzene rings is 3. The average molecular weight is 511 g/mol. The summed E-state index contributed by atoms with van der Waals surface area (Å²) in [5.74, 6) is -0.324. The van der Waals surface area contributed by atoms with E-state index in [2.05, 4.69) is 95.3 Å². The van der Waals surface area contributed by atoms with Gasteiger partial charge in [0.15, 0.2) is 7.05 Å². The minimum atomic E-state index is -3.47. The lowest BCUT2D eigenvalue weighted by atomic mass is 10.2. The molecule has 0 aliphatic carbocycles. The number of nitrogens with zero attached hydrogens (tertiary/aromatic N) is 1. The maximum Gasteiger partial charge on any atom is 0.397 e. The maximum atomic E-state index is 14.7. The quantitative estimate of drug-likeness (QED) is 0.316. The van der Waals surface area contributed by atoms with Crippen LogP contribution in [0.25, 0.3) is 0 Å². The van der Waals surface area contributed by atoms with Crippen molar-refractivity contribution in [2.24, 2.45) is 0 Å². The Hall–Kier alpha value is -1.96. The number of hydrogen-bond acceptors (Lipinski definition) is 3. The maximum absolute atomic E-state index is 14.7. The van der Waals surface area contributed by atoms with Gasteiger partial charge in [0.05, 0.1) is 12.2 Å². The minimum absolute atomic E-state index is 0.193. The highest BCUT2D eigenvalue weighted by atomic mass is 31.2. The first-order valence-electron chi connectivity index (χ1n) is 12.7. The molecule has 35 heavy (non-hydrogen) atoms. The number of rotatable bonds is 8. The molecule has 4 rings (SSSR count). The van der Waals surface area contributed by atoms with Crippen molar-refractivity contribution in [3.8, 4) is 0 Å². The Morgan fingerprint density at radius 2 is 1.09 bits per heavy atom. The molecular formula is C29H38NO3P2+. The molecule has 3 aromatic carbocycles. The Morgan fingerprint density at radius 3 is 1.46 bits per heavy atom. The van der Waals surface area contributed by atoms with Crippen molar-refractivity contribution in [2.75, 3.05) is 6.54 Å². The minimum Gasteiger partial charge on any atom is -0.301 e. The fraction of sp³-hybridized carbons (Fsp3) is 0.379. The fourth-order valence-corrected chi connectivity index (χ4v) is 13.0. The molecule has 0 unspecified atom stereocenters. The summed E-state index contributed by atoms with van der Waals surface area (Å²) in [6, 6.07) is 32.3.